The van der Waals surface area contributed by atoms with Crippen molar-refractivity contribution in [1.82, 2.24) is 0 Å². The van der Waals surface area contributed by atoms with Crippen LogP contribution in [0.4, 0.5) is 8.78 Å². The maximum Gasteiger partial charge on any atom is 0.171 e. The van der Waals surface area contributed by atoms with Gasteiger partial charge in [0, 0.05) is 5.56 Å². The van der Waals surface area contributed by atoms with Crippen LogP contribution in [0.25, 0.3) is 0 Å². The van der Waals surface area contributed by atoms with Gasteiger partial charge in [-0.15, -0.1) is 6.58 Å². The molecule has 0 fully saturated rings. The van der Waals surface area contributed by atoms with Gasteiger partial charge in [-0.25, -0.2) is 8.78 Å². The Labute approximate surface area is 96.5 Å². The van der Waals surface area contributed by atoms with Crippen molar-refractivity contribution in [2.24, 2.45) is 0 Å². The Balaban J connectivity index is 2.99. The molecule has 1 aromatic rings. The van der Waals surface area contributed by atoms with Crippen molar-refractivity contribution in [3.63, 3.8) is 0 Å². The zero-order valence-corrected chi connectivity index (χ0v) is 10.7. The lowest BCUT2D eigenvalue weighted by Crippen LogP contribution is -2.15. The summed E-state index contributed by atoms with van der Waals surface area (Å²) >= 11 is 0. The molecule has 0 bridgehead atoms. The van der Waals surface area contributed by atoms with Crippen LogP contribution >= 0.6 is 0 Å². The molecule has 0 aliphatic rings. The van der Waals surface area contributed by atoms with Crippen molar-refractivity contribution in [3.8, 4) is 0 Å². The molecular weight excluding hydrogens is 226 g/mol. The summed E-state index contributed by atoms with van der Waals surface area (Å²) in [6.07, 6.45) is 1.73. The van der Waals surface area contributed by atoms with Gasteiger partial charge in [-0.1, -0.05) is 6.08 Å². The largest absolute Gasteiger partial charge is 0.413 e. The van der Waals surface area contributed by atoms with E-state index in [-0.39, 0.29) is 5.56 Å². The van der Waals surface area contributed by atoms with Crippen LogP contribution in [0.3, 0.4) is 0 Å². The quantitative estimate of drug-likeness (QED) is 0.566. The molecule has 16 heavy (non-hydrogen) atoms. The minimum Gasteiger partial charge on any atom is -0.413 e. The molecule has 0 N–H and O–H groups in total. The first-order valence-corrected chi connectivity index (χ1v) is 8.04. The topological polar surface area (TPSA) is 9.23 Å². The maximum atomic E-state index is 13.5. The predicted octanol–water partition coefficient (Wildman–Crippen LogP) is 3.58. The van der Waals surface area contributed by atoms with Crippen molar-refractivity contribution in [1.29, 1.82) is 0 Å². The molecule has 1 nitrogen and oxygen atoms in total. The number of halogens is 2. The molecule has 1 rings (SSSR count). The van der Waals surface area contributed by atoms with Crippen molar-refractivity contribution in [2.45, 2.75) is 25.6 Å². The van der Waals surface area contributed by atoms with Crippen LogP contribution in [0.2, 0.25) is 13.1 Å². The van der Waals surface area contributed by atoms with Gasteiger partial charge in [-0.2, -0.15) is 0 Å². The Morgan fingerprint density at radius 3 is 2.69 bits per heavy atom. The molecule has 0 heterocycles. The second-order valence-corrected chi connectivity index (χ2v) is 6.23. The normalized spacial score (nSPS) is 12.8. The van der Waals surface area contributed by atoms with Gasteiger partial charge in [0.15, 0.2) is 9.04 Å². The first-order valence-electron chi connectivity index (χ1n) is 5.26. The molecule has 0 aromatic heterocycles. The highest BCUT2D eigenvalue weighted by atomic mass is 28.3. The lowest BCUT2D eigenvalue weighted by molar-refractivity contribution is 0.207. The number of hydrogen-bond donors (Lipinski definition) is 0. The molecule has 88 valence electrons. The number of rotatable bonds is 5. The molecule has 0 saturated heterocycles. The lowest BCUT2D eigenvalue weighted by atomic mass is 10.1. The summed E-state index contributed by atoms with van der Waals surface area (Å²) in [7, 11) is -1.30. The average molecular weight is 242 g/mol. The molecule has 4 heteroatoms. The van der Waals surface area contributed by atoms with E-state index in [1.54, 1.807) is 6.08 Å². The van der Waals surface area contributed by atoms with Crippen molar-refractivity contribution in [2.75, 3.05) is 0 Å². The van der Waals surface area contributed by atoms with Crippen LogP contribution in [0.15, 0.2) is 30.9 Å². The highest BCUT2D eigenvalue weighted by Gasteiger charge is 2.17. The van der Waals surface area contributed by atoms with E-state index >= 15 is 0 Å². The Hall–Kier alpha value is -1.00. The second kappa shape index (κ2) is 5.91. The fraction of sp³-hybridized carbons (Fsp3) is 0.333. The van der Waals surface area contributed by atoms with Crippen LogP contribution < -0.4 is 0 Å². The van der Waals surface area contributed by atoms with Crippen LogP contribution in [-0.2, 0) is 4.43 Å². The summed E-state index contributed by atoms with van der Waals surface area (Å²) < 4.78 is 32.3. The van der Waals surface area contributed by atoms with E-state index in [1.807, 2.05) is 13.1 Å². The van der Waals surface area contributed by atoms with Gasteiger partial charge < -0.3 is 4.43 Å². The van der Waals surface area contributed by atoms with Crippen LogP contribution in [0, 0.1) is 11.6 Å². The molecule has 0 aliphatic carbocycles. The second-order valence-electron chi connectivity index (χ2n) is 3.86. The van der Waals surface area contributed by atoms with Crippen molar-refractivity contribution in [3.05, 3.63) is 48.1 Å². The van der Waals surface area contributed by atoms with E-state index in [0.29, 0.717) is 6.42 Å². The summed E-state index contributed by atoms with van der Waals surface area (Å²) in [6, 6.07) is 3.43. The van der Waals surface area contributed by atoms with Crippen LogP contribution in [0.1, 0.15) is 18.1 Å². The summed E-state index contributed by atoms with van der Waals surface area (Å²) in [5, 5.41) is 0. The van der Waals surface area contributed by atoms with Crippen molar-refractivity contribution >= 4 is 9.04 Å². The Morgan fingerprint density at radius 1 is 1.44 bits per heavy atom. The molecule has 0 aliphatic heterocycles. The molecule has 1 atom stereocenters. The predicted molar refractivity (Wildman–Crippen MR) is 63.9 cm³/mol. The fourth-order valence-corrected chi connectivity index (χ4v) is 2.41. The summed E-state index contributed by atoms with van der Waals surface area (Å²) in [4.78, 5) is 0. The maximum absolute atomic E-state index is 13.5. The first-order chi connectivity index (χ1) is 7.54. The molecule has 0 radical (unpaired) electrons. The molecule has 0 spiro atoms. The van der Waals surface area contributed by atoms with E-state index in [4.69, 9.17) is 4.43 Å². The zero-order chi connectivity index (χ0) is 12.1. The van der Waals surface area contributed by atoms with Gasteiger partial charge in [-0.3, -0.25) is 0 Å². The Kier molecular flexibility index (Phi) is 4.83. The molecule has 1 unspecified atom stereocenters. The monoisotopic (exact) mass is 242 g/mol. The highest BCUT2D eigenvalue weighted by Crippen LogP contribution is 2.25. The van der Waals surface area contributed by atoms with Crippen LogP contribution in [0.5, 0.6) is 0 Å². The number of benzene rings is 1. The summed E-state index contributed by atoms with van der Waals surface area (Å²) in [5.41, 5.74) is 0.279. The molecule has 0 amide bonds. The first kappa shape index (κ1) is 13.1. The van der Waals surface area contributed by atoms with Gasteiger partial charge in [0.05, 0.1) is 6.10 Å². The van der Waals surface area contributed by atoms with Crippen LogP contribution in [-0.4, -0.2) is 9.04 Å². The van der Waals surface area contributed by atoms with Gasteiger partial charge in [-0.05, 0) is 37.7 Å². The average Bonchev–Trinajstić information content (AvgIpc) is 2.20. The third kappa shape index (κ3) is 3.54. The minimum atomic E-state index is -1.30. The summed E-state index contributed by atoms with van der Waals surface area (Å²) in [5.74, 6) is -0.873. The highest BCUT2D eigenvalue weighted by molar-refractivity contribution is 6.48. The summed E-state index contributed by atoms with van der Waals surface area (Å²) in [6.45, 7) is 7.59. The molecule has 1 aromatic carbocycles. The zero-order valence-electron chi connectivity index (χ0n) is 9.54. The molecule has 0 saturated carbocycles. The van der Waals surface area contributed by atoms with E-state index in [0.717, 1.165) is 12.1 Å². The Bertz CT molecular complexity index is 366. The van der Waals surface area contributed by atoms with Gasteiger partial charge in [0.2, 0.25) is 0 Å². The SMILES string of the molecule is C=CCC(O[SiH](C)C)c1cc(F)ccc1F. The van der Waals surface area contributed by atoms with E-state index in [9.17, 15) is 8.78 Å². The van der Waals surface area contributed by atoms with Gasteiger partial charge >= 0.3 is 0 Å². The Morgan fingerprint density at radius 2 is 2.12 bits per heavy atom. The minimum absolute atomic E-state index is 0.279. The van der Waals surface area contributed by atoms with E-state index < -0.39 is 26.8 Å². The third-order valence-corrected chi connectivity index (χ3v) is 2.99. The van der Waals surface area contributed by atoms with E-state index in [1.165, 1.54) is 6.07 Å². The molecular formula is C12H16F2OSi. The third-order valence-electron chi connectivity index (χ3n) is 2.12. The van der Waals surface area contributed by atoms with Gasteiger partial charge in [0.1, 0.15) is 11.6 Å². The smallest absolute Gasteiger partial charge is 0.171 e. The fourth-order valence-electron chi connectivity index (χ4n) is 1.50. The lowest BCUT2D eigenvalue weighted by Gasteiger charge is -2.20. The van der Waals surface area contributed by atoms with Crippen molar-refractivity contribution < 1.29 is 13.2 Å². The van der Waals surface area contributed by atoms with Gasteiger partial charge in [0.25, 0.3) is 0 Å². The van der Waals surface area contributed by atoms with E-state index in [2.05, 4.69) is 6.58 Å². The standard InChI is InChI=1S/C12H16F2OSi/c1-4-5-12(15-16(2)3)10-8-9(13)6-7-11(10)14/h4,6-8,12,16H,1,5H2,2-3H3. The number of hydrogen-bond acceptors (Lipinski definition) is 1.